The molecule has 0 bridgehead atoms. The Kier molecular flexibility index (Phi) is 5.54. The Morgan fingerprint density at radius 3 is 1.47 bits per heavy atom. The maximum Gasteiger partial charge on any atom is 0.300 e. The molecular weight excluding hydrogens is 428 g/mol. The van der Waals surface area contributed by atoms with Gasteiger partial charge in [0.15, 0.2) is 0 Å². The topological polar surface area (TPSA) is 87.1 Å². The van der Waals surface area contributed by atoms with Gasteiger partial charge in [0.05, 0.1) is 5.16 Å². The molecule has 0 aliphatic heterocycles. The number of benzene rings is 4. The molecule has 5 rings (SSSR count). The Bertz CT molecular complexity index is 1460. The number of ketones is 2. The molecule has 0 aliphatic rings. The summed E-state index contributed by atoms with van der Waals surface area (Å²) in [5.74, 6) is -1.21. The fourth-order valence-electron chi connectivity index (χ4n) is 3.75. The van der Waals surface area contributed by atoms with Crippen LogP contribution in [0.1, 0.15) is 32.1 Å². The summed E-state index contributed by atoms with van der Waals surface area (Å²) < 4.78 is 4.64. The Hall–Kier alpha value is -4.84. The Morgan fingerprint density at radius 1 is 0.588 bits per heavy atom. The lowest BCUT2D eigenvalue weighted by molar-refractivity contribution is -0.803. The van der Waals surface area contributed by atoms with Gasteiger partial charge in [-0.1, -0.05) is 109 Å². The van der Waals surface area contributed by atoms with Gasteiger partial charge in [-0.3, -0.25) is 14.2 Å². The van der Waals surface area contributed by atoms with Crippen molar-refractivity contribution < 1.29 is 19.1 Å². The zero-order chi connectivity index (χ0) is 23.5. The highest BCUT2D eigenvalue weighted by Crippen LogP contribution is 2.23. The van der Waals surface area contributed by atoms with Crippen molar-refractivity contribution in [3.05, 3.63) is 137 Å². The zero-order valence-corrected chi connectivity index (χ0v) is 17.9. The molecule has 0 fully saturated rings. The summed E-state index contributed by atoms with van der Waals surface area (Å²) in [4.78, 5) is 26.2. The van der Waals surface area contributed by atoms with E-state index in [9.17, 15) is 14.8 Å². The number of hydrogen-bond acceptors (Lipinski definition) is 5. The first-order valence-corrected chi connectivity index (χ1v) is 10.6. The van der Waals surface area contributed by atoms with Gasteiger partial charge in [0.2, 0.25) is 11.6 Å². The van der Waals surface area contributed by atoms with Crippen LogP contribution in [0.5, 0.6) is 0 Å². The fourth-order valence-corrected chi connectivity index (χ4v) is 3.75. The monoisotopic (exact) mass is 446 g/mol. The first-order chi connectivity index (χ1) is 16.6. The zero-order valence-electron chi connectivity index (χ0n) is 17.9. The van der Waals surface area contributed by atoms with E-state index in [1.54, 1.807) is 48.5 Å². The molecule has 4 aromatic carbocycles. The van der Waals surface area contributed by atoms with Crippen LogP contribution < -0.4 is 4.90 Å². The largest absolute Gasteiger partial charge is 0.359 e. The van der Waals surface area contributed by atoms with Crippen LogP contribution in [-0.2, 0) is 0 Å². The second-order valence-corrected chi connectivity index (χ2v) is 7.67. The van der Waals surface area contributed by atoms with Crippen LogP contribution >= 0.6 is 0 Å². The van der Waals surface area contributed by atoms with Crippen molar-refractivity contribution in [2.24, 2.45) is 0 Å². The van der Waals surface area contributed by atoms with Gasteiger partial charge in [-0.2, -0.15) is 0 Å². The summed E-state index contributed by atoms with van der Waals surface area (Å²) >= 11 is 0. The van der Waals surface area contributed by atoms with Crippen LogP contribution in [0.3, 0.4) is 0 Å². The third-order valence-corrected chi connectivity index (χ3v) is 5.55. The van der Waals surface area contributed by atoms with Gasteiger partial charge >= 0.3 is 0 Å². The van der Waals surface area contributed by atoms with Crippen LogP contribution in [0.2, 0.25) is 0 Å². The molecule has 0 N–H and O–H groups in total. The standard InChI is InChI=1S/C28H18N2O4/c31-27(23-15-11-21(12-16-23)19-7-3-1-4-8-19)25-26(30(33)34-29-25)28(32)24-17-13-22(14-18-24)20-9-5-2-6-10-20/h1-18H. The third-order valence-electron chi connectivity index (χ3n) is 5.55. The molecule has 0 amide bonds. The number of carbonyl (C=O) groups excluding carboxylic acids is 2. The minimum absolute atomic E-state index is 0.0149. The SMILES string of the molecule is O=C(c1ccc(-c2ccccc2)cc1)c1no[n+]([O-])c1C(=O)c1ccc(-c2ccccc2)cc1. The molecule has 5 aromatic rings. The maximum absolute atomic E-state index is 13.1. The summed E-state index contributed by atoms with van der Waals surface area (Å²) in [5, 5.41) is 15.8. The van der Waals surface area contributed by atoms with Crippen LogP contribution in [0.25, 0.3) is 22.3 Å². The second-order valence-electron chi connectivity index (χ2n) is 7.67. The molecule has 34 heavy (non-hydrogen) atoms. The summed E-state index contributed by atoms with van der Waals surface area (Å²) in [6.07, 6.45) is 0. The average molecular weight is 446 g/mol. The molecule has 1 aromatic heterocycles. The van der Waals surface area contributed by atoms with E-state index in [1.165, 1.54) is 0 Å². The Balaban J connectivity index is 1.42. The number of carbonyl (C=O) groups is 2. The lowest BCUT2D eigenvalue weighted by atomic mass is 9.98. The van der Waals surface area contributed by atoms with Crippen molar-refractivity contribution in [3.8, 4) is 22.3 Å². The number of hydrogen-bond donors (Lipinski definition) is 0. The maximum atomic E-state index is 13.1. The second kappa shape index (κ2) is 8.96. The molecule has 6 nitrogen and oxygen atoms in total. The summed E-state index contributed by atoms with van der Waals surface area (Å²) in [7, 11) is 0. The van der Waals surface area contributed by atoms with Crippen molar-refractivity contribution in [3.63, 3.8) is 0 Å². The van der Waals surface area contributed by atoms with E-state index >= 15 is 0 Å². The highest BCUT2D eigenvalue weighted by molar-refractivity contribution is 6.17. The Labute approximate surface area is 195 Å². The van der Waals surface area contributed by atoms with E-state index < -0.39 is 17.3 Å². The van der Waals surface area contributed by atoms with E-state index in [-0.39, 0.29) is 16.2 Å². The molecule has 0 unspecified atom stereocenters. The molecule has 6 heteroatoms. The van der Waals surface area contributed by atoms with Crippen molar-refractivity contribution >= 4 is 11.6 Å². The summed E-state index contributed by atoms with van der Waals surface area (Å²) in [5.41, 5.74) is 3.65. The molecule has 0 saturated heterocycles. The van der Waals surface area contributed by atoms with E-state index in [4.69, 9.17) is 0 Å². The van der Waals surface area contributed by atoms with Gasteiger partial charge in [0.25, 0.3) is 11.4 Å². The van der Waals surface area contributed by atoms with Crippen LogP contribution in [-0.4, -0.2) is 16.7 Å². The first kappa shape index (κ1) is 21.0. The van der Waals surface area contributed by atoms with Gasteiger partial charge < -0.3 is 5.21 Å². The van der Waals surface area contributed by atoms with Crippen LogP contribution in [0.4, 0.5) is 0 Å². The van der Waals surface area contributed by atoms with E-state index in [2.05, 4.69) is 9.79 Å². The van der Waals surface area contributed by atoms with Crippen LogP contribution in [0, 0.1) is 5.21 Å². The molecule has 0 atom stereocenters. The van der Waals surface area contributed by atoms with Crippen molar-refractivity contribution in [2.75, 3.05) is 0 Å². The third kappa shape index (κ3) is 4.00. The summed E-state index contributed by atoms with van der Waals surface area (Å²) in [6, 6.07) is 33.1. The van der Waals surface area contributed by atoms with Gasteiger partial charge in [-0.25, -0.2) is 0 Å². The highest BCUT2D eigenvalue weighted by atomic mass is 16.8. The number of rotatable bonds is 6. The number of nitrogens with zero attached hydrogens (tertiary/aromatic N) is 2. The van der Waals surface area contributed by atoms with Crippen molar-refractivity contribution in [1.29, 1.82) is 0 Å². The number of aromatic nitrogens is 2. The predicted molar refractivity (Wildman–Crippen MR) is 126 cm³/mol. The minimum Gasteiger partial charge on any atom is -0.359 e. The minimum atomic E-state index is -0.639. The van der Waals surface area contributed by atoms with Gasteiger partial charge in [0, 0.05) is 11.1 Å². The molecule has 0 aliphatic carbocycles. The molecule has 0 saturated carbocycles. The normalized spacial score (nSPS) is 10.7. The lowest BCUT2D eigenvalue weighted by Gasteiger charge is -2.04. The Morgan fingerprint density at radius 2 is 1.00 bits per heavy atom. The molecular formula is C28H18N2O4. The fraction of sp³-hybridized carbons (Fsp3) is 0. The summed E-state index contributed by atoms with van der Waals surface area (Å²) in [6.45, 7) is 0. The predicted octanol–water partition coefficient (Wildman–Crippen LogP) is 5.10. The quantitative estimate of drug-likeness (QED) is 0.267. The average Bonchev–Trinajstić information content (AvgIpc) is 3.30. The van der Waals surface area contributed by atoms with Crippen molar-refractivity contribution in [1.82, 2.24) is 5.16 Å². The van der Waals surface area contributed by atoms with E-state index in [0.29, 0.717) is 5.56 Å². The lowest BCUT2D eigenvalue weighted by Crippen LogP contribution is -2.32. The van der Waals surface area contributed by atoms with Crippen molar-refractivity contribution in [2.45, 2.75) is 0 Å². The van der Waals surface area contributed by atoms with Gasteiger partial charge in [-0.15, -0.1) is 0 Å². The van der Waals surface area contributed by atoms with Crippen LogP contribution in [0.15, 0.2) is 114 Å². The smallest absolute Gasteiger partial charge is 0.300 e. The van der Waals surface area contributed by atoms with E-state index in [1.807, 2.05) is 60.7 Å². The van der Waals surface area contributed by atoms with E-state index in [0.717, 1.165) is 22.3 Å². The van der Waals surface area contributed by atoms with Gasteiger partial charge in [-0.05, 0) is 27.2 Å². The molecule has 0 spiro atoms. The highest BCUT2D eigenvalue weighted by Gasteiger charge is 2.33. The molecule has 164 valence electrons. The van der Waals surface area contributed by atoms with Gasteiger partial charge in [0.1, 0.15) is 0 Å². The molecule has 1 heterocycles. The first-order valence-electron chi connectivity index (χ1n) is 10.6. The molecule has 0 radical (unpaired) electrons.